The van der Waals surface area contributed by atoms with E-state index in [1.165, 1.54) is 12.3 Å². The van der Waals surface area contributed by atoms with Crippen LogP contribution >= 0.6 is 0 Å². The third-order valence-electron chi connectivity index (χ3n) is 3.43. The zero-order valence-electron chi connectivity index (χ0n) is 11.7. The zero-order chi connectivity index (χ0) is 15.6. The lowest BCUT2D eigenvalue weighted by atomic mass is 10.0. The van der Waals surface area contributed by atoms with Gasteiger partial charge in [-0.15, -0.1) is 0 Å². The Morgan fingerprint density at radius 3 is 2.59 bits per heavy atom. The van der Waals surface area contributed by atoms with Crippen LogP contribution in [0.3, 0.4) is 0 Å². The van der Waals surface area contributed by atoms with E-state index in [1.54, 1.807) is 6.07 Å². The molecular weight excluding hydrogens is 302 g/mol. The maximum absolute atomic E-state index is 12.1. The molecule has 6 heteroatoms. The lowest BCUT2D eigenvalue weighted by Crippen LogP contribution is -2.16. The molecule has 114 valence electrons. The van der Waals surface area contributed by atoms with Crippen molar-refractivity contribution in [3.63, 3.8) is 0 Å². The highest BCUT2D eigenvalue weighted by Gasteiger charge is 2.20. The fraction of sp³-hybridized carbons (Fsp3) is 0.188. The van der Waals surface area contributed by atoms with Gasteiger partial charge in [0.25, 0.3) is 0 Å². The molecule has 2 aromatic carbocycles. The number of hydrogen-bond donors (Lipinski definition) is 1. The number of aliphatic hydroxyl groups is 1. The fourth-order valence-corrected chi connectivity index (χ4v) is 3.74. The molecule has 0 saturated carbocycles. The first-order valence-corrected chi connectivity index (χ1v) is 8.62. The maximum Gasteiger partial charge on any atom is 0.159 e. The SMILES string of the molecule is O=S(=O)(Cc1ccon1)CC(O)c1ccc2ccccc2c1. The van der Waals surface area contributed by atoms with Crippen molar-refractivity contribution in [2.24, 2.45) is 0 Å². The lowest BCUT2D eigenvalue weighted by Gasteiger charge is -2.12. The topological polar surface area (TPSA) is 80.4 Å². The molecule has 3 aromatic rings. The van der Waals surface area contributed by atoms with Gasteiger partial charge in [0, 0.05) is 6.07 Å². The number of benzene rings is 2. The van der Waals surface area contributed by atoms with E-state index in [0.29, 0.717) is 11.3 Å². The Morgan fingerprint density at radius 2 is 1.86 bits per heavy atom. The summed E-state index contributed by atoms with van der Waals surface area (Å²) in [5, 5.41) is 15.8. The summed E-state index contributed by atoms with van der Waals surface area (Å²) in [5.74, 6) is -0.591. The summed E-state index contributed by atoms with van der Waals surface area (Å²) in [7, 11) is -3.48. The predicted molar refractivity (Wildman–Crippen MR) is 82.9 cm³/mol. The molecule has 1 N–H and O–H groups in total. The molecule has 22 heavy (non-hydrogen) atoms. The van der Waals surface area contributed by atoms with Gasteiger partial charge in [-0.1, -0.05) is 41.6 Å². The Bertz CT molecular complexity index is 872. The molecular formula is C16H15NO4S. The molecule has 0 amide bonds. The third-order valence-corrected chi connectivity index (χ3v) is 4.99. The van der Waals surface area contributed by atoms with Gasteiger partial charge < -0.3 is 9.63 Å². The number of aromatic nitrogens is 1. The molecule has 1 unspecified atom stereocenters. The van der Waals surface area contributed by atoms with Gasteiger partial charge in [0.1, 0.15) is 6.26 Å². The first kappa shape index (κ1) is 14.7. The molecule has 3 rings (SSSR count). The number of sulfone groups is 1. The summed E-state index contributed by atoms with van der Waals surface area (Å²) in [6.45, 7) is 0. The average molecular weight is 317 g/mol. The zero-order valence-corrected chi connectivity index (χ0v) is 12.5. The van der Waals surface area contributed by atoms with Crippen LogP contribution in [-0.4, -0.2) is 24.4 Å². The molecule has 0 bridgehead atoms. The minimum Gasteiger partial charge on any atom is -0.387 e. The normalized spacial score (nSPS) is 13.3. The van der Waals surface area contributed by atoms with E-state index in [1.807, 2.05) is 36.4 Å². The van der Waals surface area contributed by atoms with Gasteiger partial charge in [0.05, 0.1) is 23.3 Å². The Hall–Kier alpha value is -2.18. The molecule has 0 aliphatic rings. The first-order chi connectivity index (χ1) is 10.5. The number of fused-ring (bicyclic) bond motifs is 1. The van der Waals surface area contributed by atoms with Crippen molar-refractivity contribution < 1.29 is 18.0 Å². The van der Waals surface area contributed by atoms with Gasteiger partial charge in [0.2, 0.25) is 0 Å². The molecule has 0 fully saturated rings. The van der Waals surface area contributed by atoms with Gasteiger partial charge in [-0.3, -0.25) is 0 Å². The summed E-state index contributed by atoms with van der Waals surface area (Å²) in [4.78, 5) is 0. The second-order valence-corrected chi connectivity index (χ2v) is 7.28. The third kappa shape index (κ3) is 3.35. The Morgan fingerprint density at radius 1 is 1.09 bits per heavy atom. The van der Waals surface area contributed by atoms with Crippen molar-refractivity contribution in [1.29, 1.82) is 0 Å². The van der Waals surface area contributed by atoms with Gasteiger partial charge in [0.15, 0.2) is 9.84 Å². The van der Waals surface area contributed by atoms with Crippen molar-refractivity contribution in [2.75, 3.05) is 5.75 Å². The van der Waals surface area contributed by atoms with Crippen LogP contribution in [0.25, 0.3) is 10.8 Å². The van der Waals surface area contributed by atoms with Crippen molar-refractivity contribution in [1.82, 2.24) is 5.16 Å². The summed E-state index contributed by atoms with van der Waals surface area (Å²) < 4.78 is 28.8. The predicted octanol–water partition coefficient (Wildman–Crippen LogP) is 2.48. The summed E-state index contributed by atoms with van der Waals surface area (Å²) in [6, 6.07) is 14.7. The lowest BCUT2D eigenvalue weighted by molar-refractivity contribution is 0.202. The van der Waals surface area contributed by atoms with E-state index in [0.717, 1.165) is 10.8 Å². The van der Waals surface area contributed by atoms with Crippen LogP contribution in [0.15, 0.2) is 59.3 Å². The summed E-state index contributed by atoms with van der Waals surface area (Å²) >= 11 is 0. The minimum atomic E-state index is -3.48. The maximum atomic E-state index is 12.1. The van der Waals surface area contributed by atoms with E-state index >= 15 is 0 Å². The smallest absolute Gasteiger partial charge is 0.159 e. The van der Waals surface area contributed by atoms with Gasteiger partial charge >= 0.3 is 0 Å². The van der Waals surface area contributed by atoms with Crippen LogP contribution in [0, 0.1) is 0 Å². The second-order valence-electron chi connectivity index (χ2n) is 5.17. The van der Waals surface area contributed by atoms with E-state index in [2.05, 4.69) is 9.68 Å². The number of rotatable bonds is 5. The minimum absolute atomic E-state index is 0.242. The second kappa shape index (κ2) is 5.90. The van der Waals surface area contributed by atoms with Crippen LogP contribution in [0.1, 0.15) is 17.4 Å². The summed E-state index contributed by atoms with van der Waals surface area (Å²) in [5.41, 5.74) is 0.924. The largest absolute Gasteiger partial charge is 0.387 e. The van der Waals surface area contributed by atoms with Crippen molar-refractivity contribution in [3.05, 3.63) is 66.1 Å². The van der Waals surface area contributed by atoms with Gasteiger partial charge in [-0.2, -0.15) is 0 Å². The van der Waals surface area contributed by atoms with Crippen molar-refractivity contribution in [2.45, 2.75) is 11.9 Å². The van der Waals surface area contributed by atoms with Crippen LogP contribution in [0.2, 0.25) is 0 Å². The van der Waals surface area contributed by atoms with E-state index in [9.17, 15) is 13.5 Å². The Kier molecular flexibility index (Phi) is 3.96. The number of hydrogen-bond acceptors (Lipinski definition) is 5. The average Bonchev–Trinajstić information content (AvgIpc) is 2.98. The van der Waals surface area contributed by atoms with Gasteiger partial charge in [-0.25, -0.2) is 8.42 Å². The molecule has 1 atom stereocenters. The summed E-state index contributed by atoms with van der Waals surface area (Å²) in [6.07, 6.45) is 0.256. The molecule has 0 aliphatic heterocycles. The van der Waals surface area contributed by atoms with Crippen molar-refractivity contribution in [3.8, 4) is 0 Å². The molecule has 1 heterocycles. The van der Waals surface area contributed by atoms with Crippen LogP contribution in [0.4, 0.5) is 0 Å². The van der Waals surface area contributed by atoms with E-state index in [4.69, 9.17) is 0 Å². The highest BCUT2D eigenvalue weighted by atomic mass is 32.2. The van der Waals surface area contributed by atoms with Gasteiger partial charge in [-0.05, 0) is 22.4 Å². The van der Waals surface area contributed by atoms with E-state index < -0.39 is 15.9 Å². The highest BCUT2D eigenvalue weighted by molar-refractivity contribution is 7.90. The Labute approximate surface area is 128 Å². The Balaban J connectivity index is 1.78. The molecule has 0 radical (unpaired) electrons. The molecule has 1 aromatic heterocycles. The molecule has 0 aliphatic carbocycles. The van der Waals surface area contributed by atoms with Crippen LogP contribution in [-0.2, 0) is 15.6 Å². The molecule has 0 saturated heterocycles. The fourth-order valence-electron chi connectivity index (χ4n) is 2.35. The number of nitrogens with zero attached hydrogens (tertiary/aromatic N) is 1. The molecule has 5 nitrogen and oxygen atoms in total. The van der Waals surface area contributed by atoms with Crippen LogP contribution < -0.4 is 0 Å². The molecule has 0 spiro atoms. The van der Waals surface area contributed by atoms with E-state index in [-0.39, 0.29) is 11.5 Å². The van der Waals surface area contributed by atoms with Crippen molar-refractivity contribution >= 4 is 20.6 Å². The standard InChI is InChI=1S/C16H15NO4S/c18-16(11-22(19,20)10-15-7-8-21-17-15)14-6-5-12-3-1-2-4-13(12)9-14/h1-9,16,18H,10-11H2. The highest BCUT2D eigenvalue weighted by Crippen LogP contribution is 2.22. The van der Waals surface area contributed by atoms with Crippen LogP contribution in [0.5, 0.6) is 0 Å². The first-order valence-electron chi connectivity index (χ1n) is 6.80. The number of aliphatic hydroxyl groups excluding tert-OH is 1. The monoisotopic (exact) mass is 317 g/mol. The quantitative estimate of drug-likeness (QED) is 0.782.